The molecule has 0 bridgehead atoms. The van der Waals surface area contributed by atoms with Gasteiger partial charge in [0.2, 0.25) is 0 Å². The van der Waals surface area contributed by atoms with Gasteiger partial charge in [-0.2, -0.15) is 0 Å². The van der Waals surface area contributed by atoms with E-state index in [1.54, 1.807) is 0 Å². The summed E-state index contributed by atoms with van der Waals surface area (Å²) < 4.78 is 0. The van der Waals surface area contributed by atoms with Gasteiger partial charge in [0.05, 0.1) is 0 Å². The molecule has 3 heteroatoms. The third-order valence-corrected chi connectivity index (χ3v) is 3.54. The van der Waals surface area contributed by atoms with Gasteiger partial charge >= 0.3 is 0 Å². The van der Waals surface area contributed by atoms with E-state index in [0.717, 1.165) is 18.7 Å². The van der Waals surface area contributed by atoms with Crippen molar-refractivity contribution < 1.29 is 5.11 Å². The highest BCUT2D eigenvalue weighted by molar-refractivity contribution is 5.51. The average molecular weight is 220 g/mol. The molecule has 1 fully saturated rings. The van der Waals surface area contributed by atoms with E-state index in [2.05, 4.69) is 30.9 Å². The monoisotopic (exact) mass is 220 g/mol. The molecule has 3 N–H and O–H groups in total. The number of hydrogen-bond donors (Lipinski definition) is 2. The van der Waals surface area contributed by atoms with Crippen LogP contribution < -0.4 is 10.6 Å². The molecule has 16 heavy (non-hydrogen) atoms. The lowest BCUT2D eigenvalue weighted by molar-refractivity contribution is -0.0300. The molecule has 1 saturated heterocycles. The summed E-state index contributed by atoms with van der Waals surface area (Å²) in [6, 6.07) is 8.23. The number of aliphatic hydroxyl groups is 1. The van der Waals surface area contributed by atoms with Crippen LogP contribution in [0.3, 0.4) is 0 Å². The van der Waals surface area contributed by atoms with Crippen LogP contribution in [0.4, 0.5) is 5.69 Å². The summed E-state index contributed by atoms with van der Waals surface area (Å²) in [4.78, 5) is 2.19. The highest BCUT2D eigenvalue weighted by Crippen LogP contribution is 2.32. The van der Waals surface area contributed by atoms with Gasteiger partial charge in [0.25, 0.3) is 0 Å². The summed E-state index contributed by atoms with van der Waals surface area (Å²) in [5.74, 6) is 0.312. The maximum atomic E-state index is 10.2. The minimum absolute atomic E-state index is 0.312. The number of benzene rings is 1. The SMILES string of the molecule is CC(C)C1(O)CN(c2ccc(CN)cc2)C1. The smallest absolute Gasteiger partial charge is 0.102 e. The number of rotatable bonds is 3. The first-order valence-corrected chi connectivity index (χ1v) is 5.81. The number of nitrogens with zero attached hydrogens (tertiary/aromatic N) is 1. The van der Waals surface area contributed by atoms with Gasteiger partial charge in [-0.15, -0.1) is 0 Å². The Bertz CT molecular complexity index is 353. The van der Waals surface area contributed by atoms with Crippen molar-refractivity contribution in [2.75, 3.05) is 18.0 Å². The molecular weight excluding hydrogens is 200 g/mol. The minimum Gasteiger partial charge on any atom is -0.386 e. The molecule has 88 valence electrons. The van der Waals surface area contributed by atoms with Crippen LogP contribution in [-0.4, -0.2) is 23.8 Å². The number of hydrogen-bond acceptors (Lipinski definition) is 3. The Morgan fingerprint density at radius 1 is 1.31 bits per heavy atom. The second kappa shape index (κ2) is 4.07. The number of β-amino-alcohol motifs (C(OH)–C–C–N with tert-alkyl or cyclic N) is 1. The molecule has 1 aliphatic rings. The van der Waals surface area contributed by atoms with Crippen molar-refractivity contribution >= 4 is 5.69 Å². The Balaban J connectivity index is 2.01. The van der Waals surface area contributed by atoms with Gasteiger partial charge in [0.1, 0.15) is 5.60 Å². The van der Waals surface area contributed by atoms with E-state index >= 15 is 0 Å². The van der Waals surface area contributed by atoms with Crippen LogP contribution >= 0.6 is 0 Å². The zero-order valence-corrected chi connectivity index (χ0v) is 9.98. The van der Waals surface area contributed by atoms with Crippen LogP contribution in [0.15, 0.2) is 24.3 Å². The first-order chi connectivity index (χ1) is 7.55. The highest BCUT2D eigenvalue weighted by atomic mass is 16.3. The highest BCUT2D eigenvalue weighted by Gasteiger charge is 2.43. The van der Waals surface area contributed by atoms with Crippen LogP contribution in [0.25, 0.3) is 0 Å². The summed E-state index contributed by atoms with van der Waals surface area (Å²) in [5, 5.41) is 10.2. The molecule has 1 heterocycles. The van der Waals surface area contributed by atoms with E-state index < -0.39 is 5.60 Å². The van der Waals surface area contributed by atoms with Crippen LogP contribution in [-0.2, 0) is 6.54 Å². The zero-order valence-electron chi connectivity index (χ0n) is 9.98. The van der Waals surface area contributed by atoms with Gasteiger partial charge in [-0.05, 0) is 23.6 Å². The molecular formula is C13H20N2O. The van der Waals surface area contributed by atoms with Gasteiger partial charge in [-0.25, -0.2) is 0 Å². The van der Waals surface area contributed by atoms with Gasteiger partial charge < -0.3 is 15.7 Å². The predicted octanol–water partition coefficient (Wildman–Crippen LogP) is 1.35. The molecule has 0 spiro atoms. The molecule has 1 aliphatic heterocycles. The second-order valence-corrected chi connectivity index (χ2v) is 4.98. The lowest BCUT2D eigenvalue weighted by Gasteiger charge is -2.50. The van der Waals surface area contributed by atoms with Gasteiger partial charge in [0, 0.05) is 25.3 Å². The Hall–Kier alpha value is -1.06. The fraction of sp³-hybridized carbons (Fsp3) is 0.538. The second-order valence-electron chi connectivity index (χ2n) is 4.98. The molecule has 0 atom stereocenters. The van der Waals surface area contributed by atoms with Gasteiger partial charge in [-0.1, -0.05) is 26.0 Å². The number of nitrogens with two attached hydrogens (primary N) is 1. The molecule has 0 saturated carbocycles. The van der Waals surface area contributed by atoms with Crippen molar-refractivity contribution in [3.63, 3.8) is 0 Å². The molecule has 1 aromatic rings. The van der Waals surface area contributed by atoms with E-state index in [1.165, 1.54) is 5.69 Å². The van der Waals surface area contributed by atoms with Crippen LogP contribution in [0.2, 0.25) is 0 Å². The van der Waals surface area contributed by atoms with E-state index in [-0.39, 0.29) is 0 Å². The number of anilines is 1. The van der Waals surface area contributed by atoms with Crippen molar-refractivity contribution in [3.8, 4) is 0 Å². The van der Waals surface area contributed by atoms with Crippen molar-refractivity contribution in [2.45, 2.75) is 26.0 Å². The average Bonchev–Trinajstić information content (AvgIpc) is 2.25. The van der Waals surface area contributed by atoms with E-state index in [9.17, 15) is 5.11 Å². The summed E-state index contributed by atoms with van der Waals surface area (Å²) in [5.41, 5.74) is 7.36. The fourth-order valence-corrected chi connectivity index (χ4v) is 2.01. The van der Waals surface area contributed by atoms with Crippen molar-refractivity contribution in [1.29, 1.82) is 0 Å². The van der Waals surface area contributed by atoms with Gasteiger partial charge in [-0.3, -0.25) is 0 Å². The predicted molar refractivity (Wildman–Crippen MR) is 66.3 cm³/mol. The van der Waals surface area contributed by atoms with Gasteiger partial charge in [0.15, 0.2) is 0 Å². The molecule has 0 unspecified atom stereocenters. The van der Waals surface area contributed by atoms with Crippen LogP contribution in [0, 0.1) is 5.92 Å². The van der Waals surface area contributed by atoms with Crippen LogP contribution in [0.1, 0.15) is 19.4 Å². The van der Waals surface area contributed by atoms with Crippen molar-refractivity contribution in [1.82, 2.24) is 0 Å². The molecule has 0 aliphatic carbocycles. The topological polar surface area (TPSA) is 49.5 Å². The molecule has 0 aromatic heterocycles. The summed E-state index contributed by atoms with van der Waals surface area (Å²) in [6.07, 6.45) is 0. The molecule has 1 aromatic carbocycles. The van der Waals surface area contributed by atoms with Crippen LogP contribution in [0.5, 0.6) is 0 Å². The maximum absolute atomic E-state index is 10.2. The Morgan fingerprint density at radius 2 is 1.88 bits per heavy atom. The summed E-state index contributed by atoms with van der Waals surface area (Å²) in [7, 11) is 0. The standard InChI is InChI=1S/C13H20N2O/c1-10(2)13(16)8-15(9-13)12-5-3-11(7-14)4-6-12/h3-6,10,16H,7-9,14H2,1-2H3. The fourth-order valence-electron chi connectivity index (χ4n) is 2.01. The maximum Gasteiger partial charge on any atom is 0.102 e. The van der Waals surface area contributed by atoms with E-state index in [4.69, 9.17) is 5.73 Å². The lowest BCUT2D eigenvalue weighted by atomic mass is 9.82. The zero-order chi connectivity index (χ0) is 11.8. The first-order valence-electron chi connectivity index (χ1n) is 5.81. The van der Waals surface area contributed by atoms with Crippen molar-refractivity contribution in [3.05, 3.63) is 29.8 Å². The largest absolute Gasteiger partial charge is 0.386 e. The normalized spacial score (nSPS) is 18.7. The Morgan fingerprint density at radius 3 is 2.31 bits per heavy atom. The van der Waals surface area contributed by atoms with E-state index in [1.807, 2.05) is 12.1 Å². The Kier molecular flexibility index (Phi) is 2.91. The first kappa shape index (κ1) is 11.4. The lowest BCUT2D eigenvalue weighted by Crippen LogP contribution is -2.64. The third-order valence-electron chi connectivity index (χ3n) is 3.54. The third kappa shape index (κ3) is 1.93. The van der Waals surface area contributed by atoms with Crippen molar-refractivity contribution in [2.24, 2.45) is 11.7 Å². The minimum atomic E-state index is -0.507. The molecule has 2 rings (SSSR count). The molecule has 0 radical (unpaired) electrons. The Labute approximate surface area is 96.9 Å². The molecule has 0 amide bonds. The summed E-state index contributed by atoms with van der Waals surface area (Å²) in [6.45, 7) is 6.17. The molecule has 3 nitrogen and oxygen atoms in total. The summed E-state index contributed by atoms with van der Waals surface area (Å²) >= 11 is 0. The quantitative estimate of drug-likeness (QED) is 0.808. The van der Waals surface area contributed by atoms with E-state index in [0.29, 0.717) is 12.5 Å².